The number of amides is 1. The van der Waals surface area contributed by atoms with Crippen LogP contribution in [0.15, 0.2) is 24.3 Å². The van der Waals surface area contributed by atoms with Crippen LogP contribution in [0, 0.1) is 0 Å². The predicted octanol–water partition coefficient (Wildman–Crippen LogP) is 2.46. The van der Waals surface area contributed by atoms with E-state index in [2.05, 4.69) is 10.2 Å². The zero-order chi connectivity index (χ0) is 16.3. The lowest BCUT2D eigenvalue weighted by molar-refractivity contribution is -0.123. The minimum atomic E-state index is -0.0717. The van der Waals surface area contributed by atoms with E-state index in [0.29, 0.717) is 18.9 Å². The number of benzene rings is 1. The Labute approximate surface area is 139 Å². The fourth-order valence-electron chi connectivity index (χ4n) is 2.71. The minimum absolute atomic E-state index is 0.0533. The maximum absolute atomic E-state index is 11.8. The van der Waals surface area contributed by atoms with Gasteiger partial charge in [0.15, 0.2) is 6.61 Å². The van der Waals surface area contributed by atoms with Crippen molar-refractivity contribution in [1.82, 2.24) is 10.2 Å². The second-order valence-electron chi connectivity index (χ2n) is 5.80. The topological polar surface area (TPSA) is 50.8 Å². The molecule has 1 aliphatic rings. The monoisotopic (exact) mass is 320 g/mol. The average molecular weight is 320 g/mol. The number of likely N-dealkylation sites (tertiary alicyclic amines) is 1. The summed E-state index contributed by atoms with van der Waals surface area (Å²) in [6, 6.07) is 7.31. The van der Waals surface area contributed by atoms with Crippen LogP contribution in [-0.2, 0) is 4.79 Å². The van der Waals surface area contributed by atoms with Gasteiger partial charge in [0.2, 0.25) is 0 Å². The molecule has 5 heteroatoms. The molecule has 1 fully saturated rings. The van der Waals surface area contributed by atoms with Crippen molar-refractivity contribution in [3.63, 3.8) is 0 Å². The summed E-state index contributed by atoms with van der Waals surface area (Å²) in [6.45, 7) is 6.82. The lowest BCUT2D eigenvalue weighted by Crippen LogP contribution is -2.34. The Bertz CT molecular complexity index is 456. The standard InChI is InChI=1S/C18H28N2O3/c1-2-22-16-7-9-17(10-8-16)23-15-18(21)19-11-6-14-20-12-4-3-5-13-20/h7-10H,2-6,11-15H2,1H3,(H,19,21). The summed E-state index contributed by atoms with van der Waals surface area (Å²) in [6.07, 6.45) is 4.97. The van der Waals surface area contributed by atoms with Crippen LogP contribution in [0.5, 0.6) is 11.5 Å². The molecule has 23 heavy (non-hydrogen) atoms. The maximum atomic E-state index is 11.8. The first-order valence-electron chi connectivity index (χ1n) is 8.62. The van der Waals surface area contributed by atoms with Crippen molar-refractivity contribution >= 4 is 5.91 Å². The fourth-order valence-corrected chi connectivity index (χ4v) is 2.71. The molecule has 1 aromatic rings. The molecule has 0 saturated carbocycles. The van der Waals surface area contributed by atoms with Crippen molar-refractivity contribution in [2.45, 2.75) is 32.6 Å². The van der Waals surface area contributed by atoms with Gasteiger partial charge in [0, 0.05) is 6.54 Å². The highest BCUT2D eigenvalue weighted by atomic mass is 16.5. The molecular weight excluding hydrogens is 292 g/mol. The summed E-state index contributed by atoms with van der Waals surface area (Å²) in [4.78, 5) is 14.2. The molecule has 1 N–H and O–H groups in total. The van der Waals surface area contributed by atoms with Gasteiger partial charge in [0.25, 0.3) is 5.91 Å². The Morgan fingerprint density at radius 3 is 2.39 bits per heavy atom. The van der Waals surface area contributed by atoms with Crippen LogP contribution >= 0.6 is 0 Å². The summed E-state index contributed by atoms with van der Waals surface area (Å²) in [5.41, 5.74) is 0. The molecular formula is C18H28N2O3. The summed E-state index contributed by atoms with van der Waals surface area (Å²) in [5.74, 6) is 1.41. The summed E-state index contributed by atoms with van der Waals surface area (Å²) < 4.78 is 10.8. The summed E-state index contributed by atoms with van der Waals surface area (Å²) in [7, 11) is 0. The number of nitrogens with one attached hydrogen (secondary N) is 1. The van der Waals surface area contributed by atoms with Crippen LogP contribution in [-0.4, -0.2) is 50.2 Å². The van der Waals surface area contributed by atoms with Gasteiger partial charge in [-0.15, -0.1) is 0 Å². The molecule has 0 unspecified atom stereocenters. The Morgan fingerprint density at radius 2 is 1.74 bits per heavy atom. The number of rotatable bonds is 9. The Balaban J connectivity index is 1.55. The minimum Gasteiger partial charge on any atom is -0.494 e. The molecule has 1 saturated heterocycles. The zero-order valence-electron chi connectivity index (χ0n) is 14.1. The lowest BCUT2D eigenvalue weighted by atomic mass is 10.1. The number of hydrogen-bond acceptors (Lipinski definition) is 4. The van der Waals surface area contributed by atoms with Crippen LogP contribution in [0.4, 0.5) is 0 Å². The molecule has 0 radical (unpaired) electrons. The van der Waals surface area contributed by atoms with E-state index in [0.717, 1.165) is 18.7 Å². The van der Waals surface area contributed by atoms with Gasteiger partial charge in [-0.2, -0.15) is 0 Å². The van der Waals surface area contributed by atoms with Gasteiger partial charge >= 0.3 is 0 Å². The van der Waals surface area contributed by atoms with E-state index in [4.69, 9.17) is 9.47 Å². The molecule has 1 aliphatic heterocycles. The van der Waals surface area contributed by atoms with Crippen LogP contribution in [0.1, 0.15) is 32.6 Å². The first-order valence-corrected chi connectivity index (χ1v) is 8.62. The number of ether oxygens (including phenoxy) is 2. The van der Waals surface area contributed by atoms with E-state index in [1.807, 2.05) is 31.2 Å². The molecule has 0 aromatic heterocycles. The van der Waals surface area contributed by atoms with Crippen LogP contribution in [0.3, 0.4) is 0 Å². The average Bonchev–Trinajstić information content (AvgIpc) is 2.59. The number of carbonyl (C=O) groups excluding carboxylic acids is 1. The quantitative estimate of drug-likeness (QED) is 0.710. The van der Waals surface area contributed by atoms with E-state index < -0.39 is 0 Å². The third kappa shape index (κ3) is 6.91. The van der Waals surface area contributed by atoms with Gasteiger partial charge < -0.3 is 19.7 Å². The molecule has 5 nitrogen and oxygen atoms in total. The number of nitrogens with zero attached hydrogens (tertiary/aromatic N) is 1. The van der Waals surface area contributed by atoms with Crippen LogP contribution in [0.2, 0.25) is 0 Å². The SMILES string of the molecule is CCOc1ccc(OCC(=O)NCCCN2CCCCC2)cc1. The molecule has 1 aromatic carbocycles. The molecule has 0 atom stereocenters. The van der Waals surface area contributed by atoms with Crippen LogP contribution < -0.4 is 14.8 Å². The number of piperidine rings is 1. The molecule has 2 rings (SSSR count). The Morgan fingerprint density at radius 1 is 1.09 bits per heavy atom. The Kier molecular flexibility index (Phi) is 7.73. The van der Waals surface area contributed by atoms with Gasteiger partial charge in [-0.3, -0.25) is 4.79 Å². The molecule has 128 valence electrons. The number of carbonyl (C=O) groups is 1. The highest BCUT2D eigenvalue weighted by Crippen LogP contribution is 2.17. The molecule has 0 spiro atoms. The summed E-state index contributed by atoms with van der Waals surface area (Å²) >= 11 is 0. The lowest BCUT2D eigenvalue weighted by Gasteiger charge is -2.26. The van der Waals surface area contributed by atoms with Crippen LogP contribution in [0.25, 0.3) is 0 Å². The van der Waals surface area contributed by atoms with E-state index in [1.54, 1.807) is 0 Å². The van der Waals surface area contributed by atoms with Gasteiger partial charge in [-0.05, 0) is 70.1 Å². The predicted molar refractivity (Wildman–Crippen MR) is 91.0 cm³/mol. The van der Waals surface area contributed by atoms with Crippen molar-refractivity contribution in [2.75, 3.05) is 39.4 Å². The van der Waals surface area contributed by atoms with Crippen molar-refractivity contribution in [2.24, 2.45) is 0 Å². The van der Waals surface area contributed by atoms with Gasteiger partial charge in [0.1, 0.15) is 11.5 Å². The van der Waals surface area contributed by atoms with Gasteiger partial charge in [-0.25, -0.2) is 0 Å². The normalized spacial score (nSPS) is 15.2. The molecule has 0 aliphatic carbocycles. The third-order valence-electron chi connectivity index (χ3n) is 3.93. The number of hydrogen-bond donors (Lipinski definition) is 1. The van der Waals surface area contributed by atoms with Crippen molar-refractivity contribution in [3.8, 4) is 11.5 Å². The van der Waals surface area contributed by atoms with E-state index in [1.165, 1.54) is 32.4 Å². The highest BCUT2D eigenvalue weighted by molar-refractivity contribution is 5.77. The Hall–Kier alpha value is -1.75. The van der Waals surface area contributed by atoms with Crippen molar-refractivity contribution < 1.29 is 14.3 Å². The van der Waals surface area contributed by atoms with Gasteiger partial charge in [-0.1, -0.05) is 6.42 Å². The maximum Gasteiger partial charge on any atom is 0.257 e. The van der Waals surface area contributed by atoms with E-state index >= 15 is 0 Å². The van der Waals surface area contributed by atoms with Crippen molar-refractivity contribution in [1.29, 1.82) is 0 Å². The second-order valence-corrected chi connectivity index (χ2v) is 5.80. The largest absolute Gasteiger partial charge is 0.494 e. The second kappa shape index (κ2) is 10.1. The highest BCUT2D eigenvalue weighted by Gasteiger charge is 2.09. The van der Waals surface area contributed by atoms with Gasteiger partial charge in [0.05, 0.1) is 6.61 Å². The molecule has 0 bridgehead atoms. The molecule has 1 heterocycles. The molecule has 1 amide bonds. The first kappa shape index (κ1) is 17.6. The van der Waals surface area contributed by atoms with Crippen molar-refractivity contribution in [3.05, 3.63) is 24.3 Å². The first-order chi connectivity index (χ1) is 11.3. The summed E-state index contributed by atoms with van der Waals surface area (Å²) in [5, 5.41) is 2.91. The van der Waals surface area contributed by atoms with E-state index in [9.17, 15) is 4.79 Å². The zero-order valence-corrected chi connectivity index (χ0v) is 14.1. The van der Waals surface area contributed by atoms with E-state index in [-0.39, 0.29) is 12.5 Å². The smallest absolute Gasteiger partial charge is 0.257 e. The fraction of sp³-hybridized carbons (Fsp3) is 0.611. The third-order valence-corrected chi connectivity index (χ3v) is 3.93.